The first kappa shape index (κ1) is 40.4. The molecule has 4 amide bonds. The van der Waals surface area contributed by atoms with Crippen LogP contribution in [0.4, 0.5) is 11.9 Å². The smallest absolute Gasteiger partial charge is 0.276 e. The molecule has 7 rings (SSSR count). The predicted octanol–water partition coefficient (Wildman–Crippen LogP) is 4.59. The van der Waals surface area contributed by atoms with Gasteiger partial charge in [0.05, 0.1) is 34.5 Å². The molecule has 0 radical (unpaired) electrons. The fourth-order valence-electron chi connectivity index (χ4n) is 7.32. The van der Waals surface area contributed by atoms with Crippen LogP contribution in [0, 0.1) is 19.8 Å². The summed E-state index contributed by atoms with van der Waals surface area (Å²) in [6.45, 7) is 10.7. The number of hydrogen-bond donors (Lipinski definition) is 4. The maximum Gasteiger partial charge on any atom is 0.276 e. The molecule has 0 unspecified atom stereocenters. The van der Waals surface area contributed by atoms with Crippen molar-refractivity contribution in [1.82, 2.24) is 38.7 Å². The first-order valence-electron chi connectivity index (χ1n) is 19.6. The van der Waals surface area contributed by atoms with Crippen molar-refractivity contribution in [2.45, 2.75) is 73.1 Å². The second kappa shape index (κ2) is 17.4. The van der Waals surface area contributed by atoms with Crippen LogP contribution < -0.4 is 26.8 Å². The van der Waals surface area contributed by atoms with Gasteiger partial charge in [-0.1, -0.05) is 12.2 Å². The summed E-state index contributed by atoms with van der Waals surface area (Å²) >= 11 is 0. The highest BCUT2D eigenvalue weighted by molar-refractivity contribution is 6.05. The first-order chi connectivity index (χ1) is 28.4. The Balaban J connectivity index is 1.24. The Labute approximate surface area is 339 Å². The molecule has 18 heteroatoms. The number of imidazole rings is 2. The van der Waals surface area contributed by atoms with Crippen molar-refractivity contribution in [2.75, 3.05) is 30.5 Å². The van der Waals surface area contributed by atoms with Gasteiger partial charge < -0.3 is 30.1 Å². The van der Waals surface area contributed by atoms with E-state index in [4.69, 9.17) is 25.9 Å². The summed E-state index contributed by atoms with van der Waals surface area (Å²) in [4.78, 5) is 61.3. The lowest BCUT2D eigenvalue weighted by atomic mass is 9.97. The van der Waals surface area contributed by atoms with Gasteiger partial charge in [0.1, 0.15) is 22.7 Å². The van der Waals surface area contributed by atoms with Crippen LogP contribution in [0.5, 0.6) is 5.75 Å². The minimum atomic E-state index is -0.642. The van der Waals surface area contributed by atoms with Crippen LogP contribution in [0.25, 0.3) is 22.1 Å². The number of fused-ring (bicyclic) bond motifs is 2. The second-order valence-corrected chi connectivity index (χ2v) is 14.4. The van der Waals surface area contributed by atoms with E-state index in [2.05, 4.69) is 25.8 Å². The summed E-state index contributed by atoms with van der Waals surface area (Å²) in [5.41, 5.74) is 16.0. The monoisotopic (exact) mass is 804 g/mol. The van der Waals surface area contributed by atoms with Crippen LogP contribution in [-0.4, -0.2) is 82.1 Å². The average molecular weight is 805 g/mol. The molecule has 308 valence electrons. The number of amides is 4. The van der Waals surface area contributed by atoms with E-state index in [0.29, 0.717) is 89.4 Å². The molecule has 1 aliphatic heterocycles. The zero-order chi connectivity index (χ0) is 41.8. The third-order valence-electron chi connectivity index (χ3n) is 10.3. The lowest BCUT2D eigenvalue weighted by molar-refractivity contribution is 0.0594. The predicted molar refractivity (Wildman–Crippen MR) is 220 cm³/mol. The Morgan fingerprint density at radius 3 is 1.93 bits per heavy atom. The Hall–Kier alpha value is -6.82. The highest BCUT2D eigenvalue weighted by Gasteiger charge is 2.23. The Bertz CT molecular complexity index is 2590. The number of hydrogen-bond acceptors (Lipinski definition) is 10. The molecule has 5 heterocycles. The van der Waals surface area contributed by atoms with E-state index in [-0.39, 0.29) is 36.1 Å². The van der Waals surface area contributed by atoms with E-state index in [9.17, 15) is 19.2 Å². The lowest BCUT2D eigenvalue weighted by Gasteiger charge is -2.22. The third kappa shape index (κ3) is 8.72. The topological polar surface area (TPSA) is 234 Å². The molecule has 1 saturated heterocycles. The highest BCUT2D eigenvalue weighted by atomic mass is 16.5. The molecule has 0 atom stereocenters. The molecule has 1 aliphatic rings. The minimum Gasteiger partial charge on any atom is -0.491 e. The quantitative estimate of drug-likeness (QED) is 0.0994. The normalized spacial score (nSPS) is 13.4. The van der Waals surface area contributed by atoms with Crippen molar-refractivity contribution in [2.24, 2.45) is 17.4 Å². The molecule has 4 aromatic heterocycles. The van der Waals surface area contributed by atoms with Crippen LogP contribution in [0.2, 0.25) is 0 Å². The van der Waals surface area contributed by atoms with Gasteiger partial charge in [0.2, 0.25) is 23.7 Å². The molecule has 0 bridgehead atoms. The summed E-state index contributed by atoms with van der Waals surface area (Å²) in [5.74, 6) is -0.738. The summed E-state index contributed by atoms with van der Waals surface area (Å²) in [6, 6.07) is 11.5. The van der Waals surface area contributed by atoms with E-state index in [1.165, 1.54) is 0 Å². The van der Waals surface area contributed by atoms with E-state index < -0.39 is 23.6 Å². The van der Waals surface area contributed by atoms with E-state index >= 15 is 0 Å². The van der Waals surface area contributed by atoms with Crippen LogP contribution in [-0.2, 0) is 30.9 Å². The van der Waals surface area contributed by atoms with Crippen LogP contribution in [0.1, 0.15) is 86.2 Å². The number of nitrogens with two attached hydrogens (primary N) is 2. The van der Waals surface area contributed by atoms with Gasteiger partial charge in [-0.25, -0.2) is 9.97 Å². The number of anilines is 2. The number of nitrogens with one attached hydrogen (secondary N) is 2. The number of ether oxygens (including phenoxy) is 2. The highest BCUT2D eigenvalue weighted by Crippen LogP contribution is 2.32. The van der Waals surface area contributed by atoms with Gasteiger partial charge in [-0.05, 0) is 95.3 Å². The maximum absolute atomic E-state index is 13.8. The van der Waals surface area contributed by atoms with E-state index in [1.807, 2.05) is 39.8 Å². The van der Waals surface area contributed by atoms with Crippen molar-refractivity contribution in [3.8, 4) is 5.75 Å². The summed E-state index contributed by atoms with van der Waals surface area (Å²) in [7, 11) is 0. The van der Waals surface area contributed by atoms with Crippen LogP contribution in [0.3, 0.4) is 0 Å². The fraction of sp³-hybridized carbons (Fsp3) is 0.366. The number of aryl methyl sites for hydroxylation is 4. The van der Waals surface area contributed by atoms with Crippen LogP contribution in [0.15, 0.2) is 54.6 Å². The molecule has 0 aliphatic carbocycles. The number of benzene rings is 2. The molecule has 18 nitrogen and oxygen atoms in total. The Kier molecular flexibility index (Phi) is 11.9. The van der Waals surface area contributed by atoms with Gasteiger partial charge in [-0.2, -0.15) is 10.2 Å². The van der Waals surface area contributed by atoms with Crippen LogP contribution >= 0.6 is 0 Å². The molecule has 2 aromatic carbocycles. The number of rotatable bonds is 16. The fourth-order valence-corrected chi connectivity index (χ4v) is 7.32. The summed E-state index contributed by atoms with van der Waals surface area (Å²) in [5, 5.41) is 14.7. The summed E-state index contributed by atoms with van der Waals surface area (Å²) < 4.78 is 18.8. The standard InChI is InChI=1S/C41H48N12O6/c1-5-52-32(19-24(3)48-52)38(56)46-40-44-29-21-27(36(42)54)9-10-31(29)50(40)14-7-8-15-51-35-30(45-41(51)47-39(57)33-20-25(4)49-53(33)6-2)22-28(37(43)55)23-34(35)59-18-13-26-11-16-58-17-12-26/h7-10,19-23,26H,5-6,11-18H2,1-4H3,(H2,42,54)(H2,43,55)(H,44,46,56)(H,45,47,57). The Morgan fingerprint density at radius 1 is 0.780 bits per heavy atom. The van der Waals surface area contributed by atoms with Gasteiger partial charge in [-0.15, -0.1) is 0 Å². The third-order valence-corrected chi connectivity index (χ3v) is 10.3. The number of primary amides is 2. The van der Waals surface area contributed by atoms with Gasteiger partial charge >= 0.3 is 0 Å². The van der Waals surface area contributed by atoms with Crippen molar-refractivity contribution in [1.29, 1.82) is 0 Å². The number of carbonyl (C=O) groups excluding carboxylic acids is 4. The molecule has 6 N–H and O–H groups in total. The number of nitrogens with zero attached hydrogens (tertiary/aromatic N) is 8. The lowest BCUT2D eigenvalue weighted by Crippen LogP contribution is -2.20. The van der Waals surface area contributed by atoms with E-state index in [1.54, 1.807) is 61.0 Å². The molecular formula is C41H48N12O6. The van der Waals surface area contributed by atoms with Gasteiger partial charge in [0, 0.05) is 50.5 Å². The van der Waals surface area contributed by atoms with Crippen molar-refractivity contribution < 1.29 is 28.7 Å². The van der Waals surface area contributed by atoms with E-state index in [0.717, 1.165) is 19.3 Å². The van der Waals surface area contributed by atoms with Crippen molar-refractivity contribution >= 4 is 57.6 Å². The maximum atomic E-state index is 13.8. The summed E-state index contributed by atoms with van der Waals surface area (Å²) in [6.07, 6.45) is 6.45. The second-order valence-electron chi connectivity index (χ2n) is 14.4. The van der Waals surface area contributed by atoms with Gasteiger partial charge in [0.15, 0.2) is 0 Å². The zero-order valence-corrected chi connectivity index (χ0v) is 33.5. The number of carbonyl (C=O) groups is 4. The zero-order valence-electron chi connectivity index (χ0n) is 33.5. The molecule has 0 saturated carbocycles. The number of aromatic nitrogens is 8. The van der Waals surface area contributed by atoms with Gasteiger partial charge in [0.25, 0.3) is 11.8 Å². The molecule has 1 fully saturated rings. The van der Waals surface area contributed by atoms with Crippen molar-refractivity contribution in [3.05, 3.63) is 88.5 Å². The molecule has 6 aromatic rings. The molecule has 0 spiro atoms. The minimum absolute atomic E-state index is 0.208. The molecule has 59 heavy (non-hydrogen) atoms. The van der Waals surface area contributed by atoms with Crippen molar-refractivity contribution in [3.63, 3.8) is 0 Å². The SMILES string of the molecule is CCn1nc(C)cc1C(=O)Nc1nc2cc(C(N)=O)ccc2n1CC=CCn1c(NC(=O)c2cc(C)nn2CC)nc2cc(C(N)=O)cc(OCCC3CCOCC3)c21. The average Bonchev–Trinajstić information content (AvgIpc) is 3.98. The Morgan fingerprint density at radius 2 is 1.34 bits per heavy atom. The largest absolute Gasteiger partial charge is 0.491 e. The molecular weight excluding hydrogens is 757 g/mol. The number of allylic oxidation sites excluding steroid dienone is 2. The van der Waals surface area contributed by atoms with Gasteiger partial charge in [-0.3, -0.25) is 39.2 Å². The first-order valence-corrected chi connectivity index (χ1v) is 19.6.